The van der Waals surface area contributed by atoms with Crippen molar-refractivity contribution in [1.29, 1.82) is 0 Å². The van der Waals surface area contributed by atoms with Crippen LogP contribution in [0.2, 0.25) is 0 Å². The lowest BCUT2D eigenvalue weighted by molar-refractivity contribution is 0.806. The predicted molar refractivity (Wildman–Crippen MR) is 82.1 cm³/mol. The summed E-state index contributed by atoms with van der Waals surface area (Å²) in [6, 6.07) is 15.9. The zero-order chi connectivity index (χ0) is 14.2. The summed E-state index contributed by atoms with van der Waals surface area (Å²) in [5.41, 5.74) is 8.62. The molecule has 5 heteroatoms. The van der Waals surface area contributed by atoms with E-state index in [0.29, 0.717) is 6.54 Å². The Bertz CT molecular complexity index is 942. The first-order valence-corrected chi connectivity index (χ1v) is 6.76. The van der Waals surface area contributed by atoms with E-state index in [9.17, 15) is 0 Å². The number of pyridine rings is 1. The summed E-state index contributed by atoms with van der Waals surface area (Å²) < 4.78 is 1.78. The fraction of sp³-hybridized carbons (Fsp3) is 0.0625. The first-order valence-electron chi connectivity index (χ1n) is 6.76. The molecule has 0 fully saturated rings. The fourth-order valence-corrected chi connectivity index (χ4v) is 2.59. The molecule has 0 saturated carbocycles. The number of nitrogens with zero attached hydrogens (tertiary/aromatic N) is 4. The van der Waals surface area contributed by atoms with Crippen LogP contribution in [0.3, 0.4) is 0 Å². The minimum Gasteiger partial charge on any atom is -0.326 e. The number of para-hydroxylation sites is 1. The molecule has 21 heavy (non-hydrogen) atoms. The van der Waals surface area contributed by atoms with Gasteiger partial charge in [-0.3, -0.25) is 0 Å². The molecule has 0 unspecified atom stereocenters. The average Bonchev–Trinajstić information content (AvgIpc) is 2.98. The summed E-state index contributed by atoms with van der Waals surface area (Å²) in [5.74, 6) is 0.775. The number of nitrogens with two attached hydrogens (primary N) is 1. The average molecular weight is 275 g/mol. The van der Waals surface area contributed by atoms with E-state index in [1.807, 2.05) is 48.7 Å². The number of aromatic nitrogens is 4. The van der Waals surface area contributed by atoms with Crippen molar-refractivity contribution in [2.75, 3.05) is 0 Å². The van der Waals surface area contributed by atoms with E-state index in [0.717, 1.165) is 33.2 Å². The van der Waals surface area contributed by atoms with E-state index < -0.39 is 0 Å². The third-order valence-corrected chi connectivity index (χ3v) is 3.63. The van der Waals surface area contributed by atoms with Crippen LogP contribution in [0.1, 0.15) is 5.56 Å². The second-order valence-electron chi connectivity index (χ2n) is 4.85. The van der Waals surface area contributed by atoms with Gasteiger partial charge in [0, 0.05) is 18.1 Å². The minimum absolute atomic E-state index is 0.464. The molecule has 0 amide bonds. The highest BCUT2D eigenvalue weighted by Crippen LogP contribution is 2.25. The van der Waals surface area contributed by atoms with Gasteiger partial charge in [-0.2, -0.15) is 4.68 Å². The molecular weight excluding hydrogens is 262 g/mol. The van der Waals surface area contributed by atoms with Crippen LogP contribution < -0.4 is 5.73 Å². The van der Waals surface area contributed by atoms with Crippen LogP contribution >= 0.6 is 0 Å². The molecule has 0 aliphatic heterocycles. The molecule has 102 valence electrons. The van der Waals surface area contributed by atoms with Crippen molar-refractivity contribution in [2.24, 2.45) is 5.73 Å². The van der Waals surface area contributed by atoms with Crippen molar-refractivity contribution in [3.8, 4) is 5.82 Å². The zero-order valence-corrected chi connectivity index (χ0v) is 11.3. The maximum Gasteiger partial charge on any atom is 0.163 e. The van der Waals surface area contributed by atoms with E-state index >= 15 is 0 Å². The van der Waals surface area contributed by atoms with Crippen LogP contribution in [0.15, 0.2) is 54.7 Å². The normalized spacial score (nSPS) is 11.3. The topological polar surface area (TPSA) is 69.6 Å². The molecule has 0 bridgehead atoms. The number of hydrogen-bond donors (Lipinski definition) is 1. The molecule has 2 N–H and O–H groups in total. The Morgan fingerprint density at radius 2 is 1.71 bits per heavy atom. The van der Waals surface area contributed by atoms with Gasteiger partial charge >= 0.3 is 0 Å². The van der Waals surface area contributed by atoms with Gasteiger partial charge in [-0.1, -0.05) is 41.6 Å². The second kappa shape index (κ2) is 4.64. The van der Waals surface area contributed by atoms with Crippen molar-refractivity contribution in [2.45, 2.75) is 6.54 Å². The van der Waals surface area contributed by atoms with Gasteiger partial charge in [0.2, 0.25) is 0 Å². The van der Waals surface area contributed by atoms with Gasteiger partial charge in [-0.25, -0.2) is 4.98 Å². The van der Waals surface area contributed by atoms with E-state index in [1.54, 1.807) is 4.68 Å². The van der Waals surface area contributed by atoms with Crippen molar-refractivity contribution >= 4 is 21.8 Å². The quantitative estimate of drug-likeness (QED) is 0.610. The van der Waals surface area contributed by atoms with E-state index in [1.165, 1.54) is 0 Å². The highest BCUT2D eigenvalue weighted by molar-refractivity contribution is 5.92. The summed E-state index contributed by atoms with van der Waals surface area (Å²) in [6.07, 6.45) is 1.81. The number of hydrogen-bond acceptors (Lipinski definition) is 4. The maximum absolute atomic E-state index is 5.80. The molecular formula is C16H13N5. The monoisotopic (exact) mass is 275 g/mol. The minimum atomic E-state index is 0.464. The Kier molecular flexibility index (Phi) is 2.65. The van der Waals surface area contributed by atoms with Gasteiger partial charge in [-0.15, -0.1) is 5.10 Å². The summed E-state index contributed by atoms with van der Waals surface area (Å²) in [5, 5.41) is 10.6. The first kappa shape index (κ1) is 12.0. The molecule has 0 atom stereocenters. The van der Waals surface area contributed by atoms with E-state index in [4.69, 9.17) is 5.73 Å². The highest BCUT2D eigenvalue weighted by atomic mass is 15.4. The zero-order valence-electron chi connectivity index (χ0n) is 11.3. The Morgan fingerprint density at radius 3 is 2.57 bits per heavy atom. The number of rotatable bonds is 2. The SMILES string of the molecule is NCc1cnc(-n2nnc3ccccc32)c2ccccc12. The second-order valence-corrected chi connectivity index (χ2v) is 4.85. The first-order chi connectivity index (χ1) is 10.4. The molecule has 0 aliphatic rings. The summed E-state index contributed by atoms with van der Waals surface area (Å²) in [4.78, 5) is 4.55. The van der Waals surface area contributed by atoms with Crippen LogP contribution in [-0.2, 0) is 6.54 Å². The molecule has 4 aromatic rings. The number of benzene rings is 2. The van der Waals surface area contributed by atoms with Gasteiger partial charge in [-0.05, 0) is 23.1 Å². The molecule has 2 heterocycles. The molecule has 5 nitrogen and oxygen atoms in total. The van der Waals surface area contributed by atoms with Crippen molar-refractivity contribution in [3.05, 3.63) is 60.3 Å². The summed E-state index contributed by atoms with van der Waals surface area (Å²) in [6.45, 7) is 0.464. The summed E-state index contributed by atoms with van der Waals surface area (Å²) in [7, 11) is 0. The van der Waals surface area contributed by atoms with Crippen LogP contribution in [-0.4, -0.2) is 20.0 Å². The fourth-order valence-electron chi connectivity index (χ4n) is 2.59. The molecule has 4 rings (SSSR count). The lowest BCUT2D eigenvalue weighted by Crippen LogP contribution is -2.04. The van der Waals surface area contributed by atoms with Crippen LogP contribution in [0.25, 0.3) is 27.6 Å². The van der Waals surface area contributed by atoms with Crippen LogP contribution in [0, 0.1) is 0 Å². The van der Waals surface area contributed by atoms with Gasteiger partial charge < -0.3 is 5.73 Å². The van der Waals surface area contributed by atoms with Crippen LogP contribution in [0.5, 0.6) is 0 Å². The van der Waals surface area contributed by atoms with Gasteiger partial charge in [0.1, 0.15) is 5.52 Å². The van der Waals surface area contributed by atoms with Crippen molar-refractivity contribution in [1.82, 2.24) is 20.0 Å². The molecule has 2 aromatic heterocycles. The lowest BCUT2D eigenvalue weighted by atomic mass is 10.1. The van der Waals surface area contributed by atoms with Crippen LogP contribution in [0.4, 0.5) is 0 Å². The van der Waals surface area contributed by atoms with E-state index in [2.05, 4.69) is 21.4 Å². The molecule has 0 saturated heterocycles. The Hall–Kier alpha value is -2.79. The highest BCUT2D eigenvalue weighted by Gasteiger charge is 2.12. The maximum atomic E-state index is 5.80. The largest absolute Gasteiger partial charge is 0.326 e. The smallest absolute Gasteiger partial charge is 0.163 e. The van der Waals surface area contributed by atoms with Gasteiger partial charge in [0.25, 0.3) is 0 Å². The lowest BCUT2D eigenvalue weighted by Gasteiger charge is -2.09. The van der Waals surface area contributed by atoms with Crippen molar-refractivity contribution < 1.29 is 0 Å². The van der Waals surface area contributed by atoms with Gasteiger partial charge in [0.15, 0.2) is 5.82 Å². The molecule has 2 aromatic carbocycles. The Morgan fingerprint density at radius 1 is 0.952 bits per heavy atom. The Balaban J connectivity index is 2.07. The molecule has 0 aliphatic carbocycles. The molecule has 0 radical (unpaired) electrons. The Labute approximate surface area is 121 Å². The van der Waals surface area contributed by atoms with E-state index in [-0.39, 0.29) is 0 Å². The third kappa shape index (κ3) is 1.79. The third-order valence-electron chi connectivity index (χ3n) is 3.63. The standard InChI is InChI=1S/C16H13N5/c17-9-11-10-18-16(13-6-2-1-5-12(11)13)21-15-8-4-3-7-14(15)19-20-21/h1-8,10H,9,17H2. The van der Waals surface area contributed by atoms with Crippen molar-refractivity contribution in [3.63, 3.8) is 0 Å². The summed E-state index contributed by atoms with van der Waals surface area (Å²) >= 11 is 0. The van der Waals surface area contributed by atoms with Gasteiger partial charge in [0.05, 0.1) is 5.52 Å². The predicted octanol–water partition coefficient (Wildman–Crippen LogP) is 2.43. The molecule has 0 spiro atoms. The number of fused-ring (bicyclic) bond motifs is 2.